The van der Waals surface area contributed by atoms with E-state index in [0.717, 1.165) is 18.2 Å². The van der Waals surface area contributed by atoms with Gasteiger partial charge >= 0.3 is 0 Å². The maximum Gasteiger partial charge on any atom is 0.267 e. The van der Waals surface area contributed by atoms with Crippen LogP contribution in [0, 0.1) is 11.6 Å². The molecule has 0 spiro atoms. The van der Waals surface area contributed by atoms with E-state index in [2.05, 4.69) is 25.0 Å². The van der Waals surface area contributed by atoms with Gasteiger partial charge in [-0.3, -0.25) is 4.72 Å². The quantitative estimate of drug-likeness (QED) is 0.409. The fourth-order valence-corrected chi connectivity index (χ4v) is 4.59. The first-order valence-corrected chi connectivity index (χ1v) is 11.2. The number of sulfonamides is 1. The summed E-state index contributed by atoms with van der Waals surface area (Å²) in [6, 6.07) is 7.65. The van der Waals surface area contributed by atoms with Gasteiger partial charge in [-0.15, -0.1) is 0 Å². The Kier molecular flexibility index (Phi) is 6.00. The number of hydrogen-bond acceptors (Lipinski definition) is 7. The summed E-state index contributed by atoms with van der Waals surface area (Å²) in [7, 11) is -1.47. The van der Waals surface area contributed by atoms with Crippen molar-refractivity contribution < 1.29 is 21.9 Å². The predicted octanol–water partition coefficient (Wildman–Crippen LogP) is 4.47. The number of fused-ring (bicyclic) bond motifs is 1. The number of methoxy groups -OCH3 is 1. The first-order valence-electron chi connectivity index (χ1n) is 9.39. The average molecular weight is 492 g/mol. The lowest BCUT2D eigenvalue weighted by Crippen LogP contribution is -2.16. The number of aromatic nitrogens is 3. The standard InChI is InChI=1S/C21H16ClF2N5O3S/c1-25-21-27-9-12-7-11(3-5-15(12)28-21)18-14(23)4-6-16(19(18)24)29-33(30,31)17-8-13(22)10-26-20(17)32-2/h3-10,29H,1-2H3,(H,25,27,28). The van der Waals surface area contributed by atoms with Crippen LogP contribution in [0.2, 0.25) is 5.02 Å². The van der Waals surface area contributed by atoms with Gasteiger partial charge in [-0.05, 0) is 35.9 Å². The molecule has 4 rings (SSSR count). The Bertz CT molecular complexity index is 1480. The zero-order valence-electron chi connectivity index (χ0n) is 17.2. The fourth-order valence-electron chi connectivity index (χ4n) is 3.16. The van der Waals surface area contributed by atoms with Crippen LogP contribution in [-0.4, -0.2) is 37.5 Å². The van der Waals surface area contributed by atoms with Crippen molar-refractivity contribution in [3.8, 4) is 17.0 Å². The molecule has 0 fully saturated rings. The highest BCUT2D eigenvalue weighted by Gasteiger charge is 2.25. The number of hydrogen-bond donors (Lipinski definition) is 2. The largest absolute Gasteiger partial charge is 0.480 e. The van der Waals surface area contributed by atoms with E-state index in [4.69, 9.17) is 16.3 Å². The van der Waals surface area contributed by atoms with Gasteiger partial charge < -0.3 is 10.1 Å². The number of ether oxygens (including phenoxy) is 1. The molecule has 0 radical (unpaired) electrons. The summed E-state index contributed by atoms with van der Waals surface area (Å²) in [5.41, 5.74) is -0.126. The highest BCUT2D eigenvalue weighted by atomic mass is 35.5. The van der Waals surface area contributed by atoms with Crippen LogP contribution in [0.3, 0.4) is 0 Å². The van der Waals surface area contributed by atoms with Gasteiger partial charge in [-0.1, -0.05) is 17.7 Å². The van der Waals surface area contributed by atoms with Crippen molar-refractivity contribution in [1.29, 1.82) is 0 Å². The van der Waals surface area contributed by atoms with E-state index in [1.54, 1.807) is 13.1 Å². The van der Waals surface area contributed by atoms with Gasteiger partial charge in [0.05, 0.1) is 28.9 Å². The summed E-state index contributed by atoms with van der Waals surface area (Å²) in [4.78, 5) is 11.8. The van der Waals surface area contributed by atoms with E-state index >= 15 is 4.39 Å². The molecule has 2 N–H and O–H groups in total. The van der Waals surface area contributed by atoms with E-state index in [-0.39, 0.29) is 16.5 Å². The average Bonchev–Trinajstić information content (AvgIpc) is 2.80. The number of rotatable bonds is 6. The molecule has 0 aliphatic rings. The lowest BCUT2D eigenvalue weighted by Gasteiger charge is -2.14. The Morgan fingerprint density at radius 2 is 1.85 bits per heavy atom. The number of nitrogens with zero attached hydrogens (tertiary/aromatic N) is 3. The lowest BCUT2D eigenvalue weighted by atomic mass is 10.0. The molecule has 0 saturated carbocycles. The molecule has 2 aromatic heterocycles. The summed E-state index contributed by atoms with van der Waals surface area (Å²) < 4.78 is 62.9. The van der Waals surface area contributed by atoms with Crippen molar-refractivity contribution in [3.05, 3.63) is 65.4 Å². The number of benzene rings is 2. The summed E-state index contributed by atoms with van der Waals surface area (Å²) >= 11 is 5.86. The molecule has 2 heterocycles. The molecule has 0 aliphatic heterocycles. The highest BCUT2D eigenvalue weighted by molar-refractivity contribution is 7.92. The van der Waals surface area contributed by atoms with Gasteiger partial charge in [0.1, 0.15) is 5.82 Å². The van der Waals surface area contributed by atoms with E-state index in [1.807, 2.05) is 0 Å². The zero-order valence-corrected chi connectivity index (χ0v) is 18.8. The van der Waals surface area contributed by atoms with Crippen molar-refractivity contribution in [3.63, 3.8) is 0 Å². The van der Waals surface area contributed by atoms with Crippen LogP contribution in [0.25, 0.3) is 22.0 Å². The Morgan fingerprint density at radius 1 is 1.06 bits per heavy atom. The van der Waals surface area contributed by atoms with Crippen LogP contribution >= 0.6 is 11.6 Å². The number of halogens is 3. The molecule has 0 unspecified atom stereocenters. The van der Waals surface area contributed by atoms with Gasteiger partial charge in [0.25, 0.3) is 10.0 Å². The van der Waals surface area contributed by atoms with Crippen molar-refractivity contribution in [2.24, 2.45) is 0 Å². The molecule has 0 atom stereocenters. The summed E-state index contributed by atoms with van der Waals surface area (Å²) in [5, 5.41) is 3.39. The molecule has 0 amide bonds. The van der Waals surface area contributed by atoms with Gasteiger partial charge in [0.2, 0.25) is 11.8 Å². The zero-order chi connectivity index (χ0) is 23.8. The number of pyridine rings is 1. The first-order chi connectivity index (χ1) is 15.7. The van der Waals surface area contributed by atoms with Gasteiger partial charge in [0.15, 0.2) is 10.7 Å². The minimum atomic E-state index is -4.37. The van der Waals surface area contributed by atoms with Crippen LogP contribution in [0.5, 0.6) is 5.88 Å². The van der Waals surface area contributed by atoms with Crippen molar-refractivity contribution >= 4 is 44.2 Å². The molecule has 0 saturated heterocycles. The lowest BCUT2D eigenvalue weighted by molar-refractivity contribution is 0.385. The van der Waals surface area contributed by atoms with Crippen molar-refractivity contribution in [2.45, 2.75) is 4.90 Å². The molecular weight excluding hydrogens is 476 g/mol. The van der Waals surface area contributed by atoms with Gasteiger partial charge in [-0.2, -0.15) is 0 Å². The molecule has 33 heavy (non-hydrogen) atoms. The van der Waals surface area contributed by atoms with Gasteiger partial charge in [0, 0.05) is 24.8 Å². The normalized spacial score (nSPS) is 11.4. The minimum Gasteiger partial charge on any atom is -0.480 e. The summed E-state index contributed by atoms with van der Waals surface area (Å²) in [6.07, 6.45) is 2.72. The Balaban J connectivity index is 1.78. The topological polar surface area (TPSA) is 106 Å². The fraction of sp³-hybridized carbons (Fsp3) is 0.0952. The Labute approximate surface area is 192 Å². The van der Waals surface area contributed by atoms with E-state index in [0.29, 0.717) is 16.9 Å². The van der Waals surface area contributed by atoms with Crippen LogP contribution in [-0.2, 0) is 10.0 Å². The second kappa shape index (κ2) is 8.75. The van der Waals surface area contributed by atoms with Crippen LogP contribution < -0.4 is 14.8 Å². The highest BCUT2D eigenvalue weighted by Crippen LogP contribution is 2.34. The SMILES string of the molecule is CNc1ncc2cc(-c3c(F)ccc(NS(=O)(=O)c4cc(Cl)cnc4OC)c3F)ccc2n1. The Hall–Kier alpha value is -3.57. The molecule has 8 nitrogen and oxygen atoms in total. The molecule has 4 aromatic rings. The summed E-state index contributed by atoms with van der Waals surface area (Å²) in [5.74, 6) is -1.80. The molecular formula is C21H16ClF2N5O3S. The smallest absolute Gasteiger partial charge is 0.267 e. The van der Waals surface area contributed by atoms with E-state index < -0.39 is 37.8 Å². The molecule has 170 valence electrons. The van der Waals surface area contributed by atoms with Gasteiger partial charge in [-0.25, -0.2) is 32.2 Å². The van der Waals surface area contributed by atoms with Crippen molar-refractivity contribution in [1.82, 2.24) is 15.0 Å². The third kappa shape index (κ3) is 4.37. The van der Waals surface area contributed by atoms with E-state index in [9.17, 15) is 12.8 Å². The third-order valence-corrected chi connectivity index (χ3v) is 6.26. The van der Waals surface area contributed by atoms with Crippen molar-refractivity contribution in [2.75, 3.05) is 24.2 Å². The second-order valence-electron chi connectivity index (χ2n) is 6.77. The molecule has 0 aliphatic carbocycles. The minimum absolute atomic E-state index is 0.0382. The van der Waals surface area contributed by atoms with E-state index in [1.165, 1.54) is 31.6 Å². The number of nitrogens with one attached hydrogen (secondary N) is 2. The van der Waals surface area contributed by atoms with Crippen LogP contribution in [0.1, 0.15) is 0 Å². The summed E-state index contributed by atoms with van der Waals surface area (Å²) in [6.45, 7) is 0. The predicted molar refractivity (Wildman–Crippen MR) is 121 cm³/mol. The molecule has 12 heteroatoms. The third-order valence-electron chi connectivity index (χ3n) is 4.70. The monoisotopic (exact) mass is 491 g/mol. The van der Waals surface area contributed by atoms with Crippen LogP contribution in [0.15, 0.2) is 53.7 Å². The maximum absolute atomic E-state index is 15.4. The second-order valence-corrected chi connectivity index (χ2v) is 8.85. The Morgan fingerprint density at radius 3 is 2.58 bits per heavy atom. The first kappa shape index (κ1) is 22.6. The molecule has 0 bridgehead atoms. The number of anilines is 2. The molecule has 2 aromatic carbocycles. The van der Waals surface area contributed by atoms with Crippen LogP contribution in [0.4, 0.5) is 20.4 Å². The maximum atomic E-state index is 15.4.